The minimum atomic E-state index is -0.759. The van der Waals surface area contributed by atoms with E-state index in [1.165, 1.54) is 0 Å². The molecule has 0 aliphatic heterocycles. The van der Waals surface area contributed by atoms with E-state index in [1.54, 1.807) is 0 Å². The van der Waals surface area contributed by atoms with Gasteiger partial charge in [0.2, 0.25) is 0 Å². The van der Waals surface area contributed by atoms with E-state index in [0.717, 1.165) is 6.42 Å². The van der Waals surface area contributed by atoms with Crippen LogP contribution in [0.15, 0.2) is 0 Å². The summed E-state index contributed by atoms with van der Waals surface area (Å²) in [4.78, 5) is 10.7. The van der Waals surface area contributed by atoms with Crippen molar-refractivity contribution in [2.45, 2.75) is 46.2 Å². The molecule has 0 radical (unpaired) electrons. The molecule has 0 heterocycles. The summed E-state index contributed by atoms with van der Waals surface area (Å²) in [5.74, 6) is -0.623. The number of carbonyl (C=O) groups is 1. The van der Waals surface area contributed by atoms with Crippen molar-refractivity contribution < 1.29 is 9.90 Å². The van der Waals surface area contributed by atoms with Crippen LogP contribution in [0.1, 0.15) is 34.1 Å². The largest absolute Gasteiger partial charge is 0.480 e. The SMILES string of the molecule is CCC(C)NC(C(=O)O)C(C)C. The molecule has 3 heteroatoms. The standard InChI is InChI=1S/C9H19NO2/c1-5-7(4)10-8(6(2)3)9(11)12/h6-8,10H,5H2,1-4H3,(H,11,12). The smallest absolute Gasteiger partial charge is 0.320 e. The predicted molar refractivity (Wildman–Crippen MR) is 49.2 cm³/mol. The number of carboxylic acid groups (broad SMARTS) is 1. The molecule has 0 aromatic rings. The second-order valence-corrected chi connectivity index (χ2v) is 3.54. The third-order valence-corrected chi connectivity index (χ3v) is 2.01. The van der Waals surface area contributed by atoms with Crippen molar-refractivity contribution >= 4 is 5.97 Å². The highest BCUT2D eigenvalue weighted by atomic mass is 16.4. The van der Waals surface area contributed by atoms with Crippen LogP contribution in [0.5, 0.6) is 0 Å². The first kappa shape index (κ1) is 11.4. The highest BCUT2D eigenvalue weighted by Crippen LogP contribution is 2.03. The first-order valence-corrected chi connectivity index (χ1v) is 4.47. The highest BCUT2D eigenvalue weighted by molar-refractivity contribution is 5.73. The number of rotatable bonds is 5. The van der Waals surface area contributed by atoms with Gasteiger partial charge in [0.05, 0.1) is 0 Å². The third-order valence-electron chi connectivity index (χ3n) is 2.01. The van der Waals surface area contributed by atoms with E-state index in [0.29, 0.717) is 0 Å². The Morgan fingerprint density at radius 1 is 1.42 bits per heavy atom. The third kappa shape index (κ3) is 3.72. The van der Waals surface area contributed by atoms with Crippen molar-refractivity contribution in [3.8, 4) is 0 Å². The molecule has 0 saturated carbocycles. The van der Waals surface area contributed by atoms with Crippen LogP contribution in [0, 0.1) is 5.92 Å². The number of hydrogen-bond acceptors (Lipinski definition) is 2. The van der Waals surface area contributed by atoms with E-state index in [-0.39, 0.29) is 12.0 Å². The van der Waals surface area contributed by atoms with Gasteiger partial charge in [-0.1, -0.05) is 20.8 Å². The van der Waals surface area contributed by atoms with E-state index < -0.39 is 12.0 Å². The van der Waals surface area contributed by atoms with Gasteiger partial charge in [0, 0.05) is 6.04 Å². The van der Waals surface area contributed by atoms with Crippen LogP contribution in [0.25, 0.3) is 0 Å². The average Bonchev–Trinajstić information content (AvgIpc) is 1.98. The summed E-state index contributed by atoms with van der Waals surface area (Å²) in [6, 6.07) is -0.145. The fraction of sp³-hybridized carbons (Fsp3) is 0.889. The summed E-state index contributed by atoms with van der Waals surface area (Å²) in [7, 11) is 0. The van der Waals surface area contributed by atoms with Gasteiger partial charge in [0.25, 0.3) is 0 Å². The molecular weight excluding hydrogens is 154 g/mol. The number of aliphatic carboxylic acids is 1. The summed E-state index contributed by atoms with van der Waals surface area (Å²) in [6.45, 7) is 7.86. The monoisotopic (exact) mass is 173 g/mol. The van der Waals surface area contributed by atoms with Gasteiger partial charge in [-0.2, -0.15) is 0 Å². The fourth-order valence-electron chi connectivity index (χ4n) is 0.973. The molecule has 0 amide bonds. The van der Waals surface area contributed by atoms with E-state index in [4.69, 9.17) is 5.11 Å². The Morgan fingerprint density at radius 2 is 1.92 bits per heavy atom. The van der Waals surface area contributed by atoms with E-state index >= 15 is 0 Å². The summed E-state index contributed by atoms with van der Waals surface area (Å²) in [5, 5.41) is 11.9. The molecule has 72 valence electrons. The highest BCUT2D eigenvalue weighted by Gasteiger charge is 2.21. The lowest BCUT2D eigenvalue weighted by Gasteiger charge is -2.21. The van der Waals surface area contributed by atoms with Gasteiger partial charge < -0.3 is 10.4 Å². The molecule has 0 spiro atoms. The average molecular weight is 173 g/mol. The minimum Gasteiger partial charge on any atom is -0.480 e. The van der Waals surface area contributed by atoms with Crippen molar-refractivity contribution in [3.05, 3.63) is 0 Å². The Bertz CT molecular complexity index is 145. The molecule has 0 rings (SSSR count). The van der Waals surface area contributed by atoms with Crippen LogP contribution in [-0.2, 0) is 4.79 Å². The lowest BCUT2D eigenvalue weighted by atomic mass is 10.0. The van der Waals surface area contributed by atoms with Crippen molar-refractivity contribution in [1.82, 2.24) is 5.32 Å². The van der Waals surface area contributed by atoms with Gasteiger partial charge in [-0.25, -0.2) is 0 Å². The zero-order valence-electron chi connectivity index (χ0n) is 8.29. The van der Waals surface area contributed by atoms with Crippen LogP contribution >= 0.6 is 0 Å². The van der Waals surface area contributed by atoms with Crippen molar-refractivity contribution in [1.29, 1.82) is 0 Å². The number of carboxylic acids is 1. The summed E-state index contributed by atoms with van der Waals surface area (Å²) in [5.41, 5.74) is 0. The maximum Gasteiger partial charge on any atom is 0.320 e. The normalized spacial score (nSPS) is 16.1. The molecule has 0 saturated heterocycles. The van der Waals surface area contributed by atoms with Crippen molar-refractivity contribution in [2.24, 2.45) is 5.92 Å². The van der Waals surface area contributed by atoms with Crippen LogP contribution in [0.2, 0.25) is 0 Å². The minimum absolute atomic E-state index is 0.136. The van der Waals surface area contributed by atoms with Crippen molar-refractivity contribution in [3.63, 3.8) is 0 Å². The first-order valence-electron chi connectivity index (χ1n) is 4.47. The Morgan fingerprint density at radius 3 is 2.17 bits per heavy atom. The van der Waals surface area contributed by atoms with Crippen LogP contribution in [-0.4, -0.2) is 23.2 Å². The molecule has 2 atom stereocenters. The second-order valence-electron chi connectivity index (χ2n) is 3.54. The topological polar surface area (TPSA) is 49.3 Å². The zero-order valence-corrected chi connectivity index (χ0v) is 8.29. The molecule has 0 bridgehead atoms. The molecule has 0 aromatic heterocycles. The van der Waals surface area contributed by atoms with Gasteiger partial charge in [0.1, 0.15) is 6.04 Å². The van der Waals surface area contributed by atoms with Gasteiger partial charge in [-0.15, -0.1) is 0 Å². The van der Waals surface area contributed by atoms with Gasteiger partial charge >= 0.3 is 5.97 Å². The maximum absolute atomic E-state index is 10.7. The van der Waals surface area contributed by atoms with Gasteiger partial charge in [-0.3, -0.25) is 4.79 Å². The zero-order chi connectivity index (χ0) is 9.72. The second kappa shape index (κ2) is 5.14. The van der Waals surface area contributed by atoms with Crippen LogP contribution < -0.4 is 5.32 Å². The van der Waals surface area contributed by atoms with Gasteiger partial charge in [0.15, 0.2) is 0 Å². The van der Waals surface area contributed by atoms with E-state index in [1.807, 2.05) is 27.7 Å². The quantitative estimate of drug-likeness (QED) is 0.662. The molecule has 3 nitrogen and oxygen atoms in total. The molecule has 0 aliphatic carbocycles. The van der Waals surface area contributed by atoms with Gasteiger partial charge in [-0.05, 0) is 19.3 Å². The lowest BCUT2D eigenvalue weighted by molar-refractivity contribution is -0.140. The summed E-state index contributed by atoms with van der Waals surface area (Å²) in [6.07, 6.45) is 0.955. The molecule has 12 heavy (non-hydrogen) atoms. The Kier molecular flexibility index (Phi) is 4.90. The lowest BCUT2D eigenvalue weighted by Crippen LogP contribution is -2.45. The Balaban J connectivity index is 4.05. The van der Waals surface area contributed by atoms with Crippen LogP contribution in [0.4, 0.5) is 0 Å². The van der Waals surface area contributed by atoms with E-state index in [2.05, 4.69) is 5.32 Å². The number of nitrogens with one attached hydrogen (secondary N) is 1. The molecule has 2 unspecified atom stereocenters. The summed E-state index contributed by atoms with van der Waals surface area (Å²) >= 11 is 0. The Hall–Kier alpha value is -0.570. The van der Waals surface area contributed by atoms with Crippen molar-refractivity contribution in [2.75, 3.05) is 0 Å². The molecule has 2 N–H and O–H groups in total. The summed E-state index contributed by atoms with van der Waals surface area (Å²) < 4.78 is 0. The van der Waals surface area contributed by atoms with Crippen LogP contribution in [0.3, 0.4) is 0 Å². The molecule has 0 aromatic carbocycles. The number of hydrogen-bond donors (Lipinski definition) is 2. The molecule has 0 aliphatic rings. The van der Waals surface area contributed by atoms with E-state index in [9.17, 15) is 4.79 Å². The predicted octanol–water partition coefficient (Wildman–Crippen LogP) is 1.48. The maximum atomic E-state index is 10.7. The molecular formula is C9H19NO2. The molecule has 0 fully saturated rings. The fourth-order valence-corrected chi connectivity index (χ4v) is 0.973. The first-order chi connectivity index (χ1) is 5.49. The Labute approximate surface area is 74.2 Å².